The lowest BCUT2D eigenvalue weighted by Crippen LogP contribution is -2.34. The Labute approximate surface area is 108 Å². The molecule has 0 saturated heterocycles. The molecule has 102 valence electrons. The van der Waals surface area contributed by atoms with E-state index in [1.165, 1.54) is 18.2 Å². The second-order valence-electron chi connectivity index (χ2n) is 3.88. The highest BCUT2D eigenvalue weighted by Gasteiger charge is 2.11. The highest BCUT2D eigenvalue weighted by molar-refractivity contribution is 6.01. The molecule has 19 heavy (non-hydrogen) atoms. The number of rotatable bonds is 4. The molecular formula is C12H13FN2O4. The molecule has 6 nitrogen and oxygen atoms in total. The summed E-state index contributed by atoms with van der Waals surface area (Å²) in [6, 6.07) is 3.24. The monoisotopic (exact) mass is 268 g/mol. The molecule has 0 aromatic heterocycles. The van der Waals surface area contributed by atoms with E-state index in [-0.39, 0.29) is 18.5 Å². The zero-order chi connectivity index (χ0) is 14.4. The van der Waals surface area contributed by atoms with Crippen LogP contribution in [0.3, 0.4) is 0 Å². The van der Waals surface area contributed by atoms with Crippen LogP contribution in [0.25, 0.3) is 0 Å². The van der Waals surface area contributed by atoms with Gasteiger partial charge >= 0.3 is 12.0 Å². The molecule has 0 fully saturated rings. The summed E-state index contributed by atoms with van der Waals surface area (Å²) in [7, 11) is 0. The number of urea groups is 1. The van der Waals surface area contributed by atoms with E-state index < -0.39 is 23.7 Å². The number of imide groups is 1. The summed E-state index contributed by atoms with van der Waals surface area (Å²) in [6.07, 6.45) is -0.697. The second kappa shape index (κ2) is 6.48. The van der Waals surface area contributed by atoms with Crippen LogP contribution in [0.1, 0.15) is 18.4 Å². The third-order valence-corrected chi connectivity index (χ3v) is 2.19. The largest absolute Gasteiger partial charge is 0.481 e. The molecule has 0 aliphatic carbocycles. The molecule has 1 rings (SSSR count). The van der Waals surface area contributed by atoms with Crippen LogP contribution in [0, 0.1) is 12.7 Å². The van der Waals surface area contributed by atoms with Gasteiger partial charge in [-0.25, -0.2) is 9.18 Å². The Morgan fingerprint density at radius 2 is 1.95 bits per heavy atom. The Bertz CT molecular complexity index is 516. The molecule has 0 saturated carbocycles. The normalized spacial score (nSPS) is 9.79. The van der Waals surface area contributed by atoms with Crippen molar-refractivity contribution in [3.8, 4) is 0 Å². The molecule has 1 aromatic carbocycles. The van der Waals surface area contributed by atoms with Gasteiger partial charge in [-0.2, -0.15) is 0 Å². The molecule has 0 atom stereocenters. The van der Waals surface area contributed by atoms with E-state index in [9.17, 15) is 18.8 Å². The first-order valence-electron chi connectivity index (χ1n) is 5.47. The Kier molecular flexibility index (Phi) is 4.99. The summed E-state index contributed by atoms with van der Waals surface area (Å²) in [6.45, 7) is 1.72. The quantitative estimate of drug-likeness (QED) is 0.773. The minimum atomic E-state index is -1.14. The van der Waals surface area contributed by atoms with Crippen LogP contribution in [-0.4, -0.2) is 23.0 Å². The van der Waals surface area contributed by atoms with Crippen molar-refractivity contribution in [3.63, 3.8) is 0 Å². The predicted molar refractivity (Wildman–Crippen MR) is 65.2 cm³/mol. The number of aliphatic carboxylic acids is 1. The summed E-state index contributed by atoms with van der Waals surface area (Å²) >= 11 is 0. The number of aryl methyl sites for hydroxylation is 1. The maximum Gasteiger partial charge on any atom is 0.325 e. The number of carboxylic acid groups (broad SMARTS) is 1. The number of anilines is 1. The fraction of sp³-hybridized carbons (Fsp3) is 0.250. The molecule has 7 heteroatoms. The van der Waals surface area contributed by atoms with Gasteiger partial charge in [0, 0.05) is 6.42 Å². The molecular weight excluding hydrogens is 255 g/mol. The Morgan fingerprint density at radius 1 is 1.26 bits per heavy atom. The Hall–Kier alpha value is -2.44. The van der Waals surface area contributed by atoms with E-state index in [4.69, 9.17) is 5.11 Å². The fourth-order valence-electron chi connectivity index (χ4n) is 1.30. The van der Waals surface area contributed by atoms with Crippen LogP contribution in [0.2, 0.25) is 0 Å². The Balaban J connectivity index is 2.53. The average molecular weight is 268 g/mol. The van der Waals surface area contributed by atoms with Gasteiger partial charge in [0.1, 0.15) is 5.82 Å². The van der Waals surface area contributed by atoms with E-state index in [0.29, 0.717) is 0 Å². The van der Waals surface area contributed by atoms with Crippen molar-refractivity contribution in [2.75, 3.05) is 5.32 Å². The molecule has 1 aromatic rings. The fourth-order valence-corrected chi connectivity index (χ4v) is 1.30. The summed E-state index contributed by atoms with van der Waals surface area (Å²) < 4.78 is 13.3. The van der Waals surface area contributed by atoms with Gasteiger partial charge in [-0.1, -0.05) is 6.07 Å². The molecule has 0 bridgehead atoms. The molecule has 0 heterocycles. The van der Waals surface area contributed by atoms with Gasteiger partial charge in [0.2, 0.25) is 5.91 Å². The average Bonchev–Trinajstić information content (AvgIpc) is 2.31. The van der Waals surface area contributed by atoms with E-state index in [0.717, 1.165) is 5.56 Å². The number of nitrogens with one attached hydrogen (secondary N) is 2. The van der Waals surface area contributed by atoms with Crippen LogP contribution >= 0.6 is 0 Å². The molecule has 3 amide bonds. The van der Waals surface area contributed by atoms with Gasteiger partial charge in [0.25, 0.3) is 0 Å². The lowest BCUT2D eigenvalue weighted by molar-refractivity contribution is -0.138. The zero-order valence-corrected chi connectivity index (χ0v) is 10.2. The molecule has 0 unspecified atom stereocenters. The topological polar surface area (TPSA) is 95.5 Å². The molecule has 3 N–H and O–H groups in total. The minimum Gasteiger partial charge on any atom is -0.481 e. The first-order valence-corrected chi connectivity index (χ1v) is 5.47. The zero-order valence-electron chi connectivity index (χ0n) is 10.2. The van der Waals surface area contributed by atoms with E-state index in [1.54, 1.807) is 6.92 Å². The summed E-state index contributed by atoms with van der Waals surface area (Å²) in [5, 5.41) is 12.5. The van der Waals surface area contributed by atoms with Gasteiger partial charge in [0.05, 0.1) is 12.1 Å². The smallest absolute Gasteiger partial charge is 0.325 e. The van der Waals surface area contributed by atoms with E-state index in [2.05, 4.69) is 5.32 Å². The number of carbonyl (C=O) groups excluding carboxylic acids is 2. The lowest BCUT2D eigenvalue weighted by Gasteiger charge is -2.07. The van der Waals surface area contributed by atoms with E-state index >= 15 is 0 Å². The number of benzene rings is 1. The van der Waals surface area contributed by atoms with Gasteiger partial charge in [-0.3, -0.25) is 14.9 Å². The maximum atomic E-state index is 13.3. The number of hydrogen-bond acceptors (Lipinski definition) is 3. The van der Waals surface area contributed by atoms with Crippen LogP contribution in [0.15, 0.2) is 18.2 Å². The van der Waals surface area contributed by atoms with Gasteiger partial charge < -0.3 is 10.4 Å². The SMILES string of the molecule is Cc1ccc(F)c(NC(=O)NC(=O)CCC(=O)O)c1. The maximum absolute atomic E-state index is 13.3. The predicted octanol–water partition coefficient (Wildman–Crippen LogP) is 1.65. The molecule has 0 aliphatic rings. The first kappa shape index (κ1) is 14.6. The summed E-state index contributed by atoms with van der Waals surface area (Å²) in [5.41, 5.74) is 0.692. The minimum absolute atomic E-state index is 0.0523. The second-order valence-corrected chi connectivity index (χ2v) is 3.88. The molecule has 0 spiro atoms. The number of hydrogen-bond donors (Lipinski definition) is 3. The standard InChI is InChI=1S/C12H13FN2O4/c1-7-2-3-8(13)9(6-7)14-12(19)15-10(16)4-5-11(17)18/h2-3,6H,4-5H2,1H3,(H,17,18)(H2,14,15,16,19). The Morgan fingerprint density at radius 3 is 2.58 bits per heavy atom. The third kappa shape index (κ3) is 5.15. The van der Waals surface area contributed by atoms with Gasteiger partial charge in [0.15, 0.2) is 0 Å². The van der Waals surface area contributed by atoms with Crippen LogP contribution in [0.4, 0.5) is 14.9 Å². The van der Waals surface area contributed by atoms with Crippen molar-refractivity contribution in [2.24, 2.45) is 0 Å². The highest BCUT2D eigenvalue weighted by atomic mass is 19.1. The van der Waals surface area contributed by atoms with Crippen molar-refractivity contribution < 1.29 is 23.9 Å². The van der Waals surface area contributed by atoms with Gasteiger partial charge in [-0.05, 0) is 24.6 Å². The lowest BCUT2D eigenvalue weighted by atomic mass is 10.2. The number of amides is 3. The van der Waals surface area contributed by atoms with Crippen LogP contribution in [-0.2, 0) is 9.59 Å². The van der Waals surface area contributed by atoms with Crippen molar-refractivity contribution >= 4 is 23.6 Å². The number of halogens is 1. The van der Waals surface area contributed by atoms with Crippen molar-refractivity contribution in [2.45, 2.75) is 19.8 Å². The van der Waals surface area contributed by atoms with Crippen molar-refractivity contribution in [1.82, 2.24) is 5.32 Å². The first-order chi connectivity index (χ1) is 8.88. The molecule has 0 aliphatic heterocycles. The van der Waals surface area contributed by atoms with Gasteiger partial charge in [-0.15, -0.1) is 0 Å². The number of carbonyl (C=O) groups is 3. The number of carboxylic acids is 1. The highest BCUT2D eigenvalue weighted by Crippen LogP contribution is 2.15. The van der Waals surface area contributed by atoms with Crippen molar-refractivity contribution in [1.29, 1.82) is 0 Å². The van der Waals surface area contributed by atoms with E-state index in [1.807, 2.05) is 5.32 Å². The molecule has 0 radical (unpaired) electrons. The van der Waals surface area contributed by atoms with Crippen molar-refractivity contribution in [3.05, 3.63) is 29.6 Å². The van der Waals surface area contributed by atoms with Crippen LogP contribution < -0.4 is 10.6 Å². The van der Waals surface area contributed by atoms with Crippen LogP contribution in [0.5, 0.6) is 0 Å². The summed E-state index contributed by atoms with van der Waals surface area (Å²) in [5.74, 6) is -2.51. The third-order valence-electron chi connectivity index (χ3n) is 2.19. The summed E-state index contributed by atoms with van der Waals surface area (Å²) in [4.78, 5) is 32.8.